The van der Waals surface area contributed by atoms with E-state index in [1.54, 1.807) is 6.07 Å². The predicted octanol–water partition coefficient (Wildman–Crippen LogP) is 5.10. The number of amides is 1. The Morgan fingerprint density at radius 3 is 2.07 bits per heavy atom. The molecule has 4 nitrogen and oxygen atoms in total. The van der Waals surface area contributed by atoms with Crippen molar-refractivity contribution in [1.82, 2.24) is 4.98 Å². The van der Waals surface area contributed by atoms with Crippen LogP contribution in [0.4, 0.5) is 10.1 Å². The van der Waals surface area contributed by atoms with Crippen molar-refractivity contribution in [1.29, 1.82) is 0 Å². The number of benzene rings is 3. The topological polar surface area (TPSA) is 62.0 Å². The number of aromatic amines is 1. The number of aromatic nitrogens is 1. The molecule has 1 amide bonds. The van der Waals surface area contributed by atoms with Gasteiger partial charge in [-0.1, -0.05) is 54.6 Å². The van der Waals surface area contributed by atoms with Crippen LogP contribution in [0.2, 0.25) is 0 Å². The highest BCUT2D eigenvalue weighted by molar-refractivity contribution is 6.04. The number of carbonyl (C=O) groups excluding carboxylic acids is 1. The van der Waals surface area contributed by atoms with Crippen LogP contribution in [-0.4, -0.2) is 10.9 Å². The summed E-state index contributed by atoms with van der Waals surface area (Å²) >= 11 is 0. The molecule has 0 radical (unpaired) electrons. The second-order valence-electron chi connectivity index (χ2n) is 6.57. The third-order valence-electron chi connectivity index (χ3n) is 4.53. The first-order valence-corrected chi connectivity index (χ1v) is 9.05. The Labute approximate surface area is 166 Å². The van der Waals surface area contributed by atoms with E-state index in [0.717, 1.165) is 16.7 Å². The molecule has 0 unspecified atom stereocenters. The first-order valence-electron chi connectivity index (χ1n) is 9.05. The van der Waals surface area contributed by atoms with Crippen LogP contribution in [0, 0.1) is 5.82 Å². The number of hydrogen-bond acceptors (Lipinski definition) is 2. The molecule has 142 valence electrons. The van der Waals surface area contributed by atoms with E-state index in [-0.39, 0.29) is 11.1 Å². The molecule has 0 bridgehead atoms. The number of anilines is 1. The van der Waals surface area contributed by atoms with Crippen LogP contribution in [0.5, 0.6) is 0 Å². The summed E-state index contributed by atoms with van der Waals surface area (Å²) in [4.78, 5) is 26.1. The molecule has 0 fully saturated rings. The minimum Gasteiger partial charge on any atom is -0.327 e. The van der Waals surface area contributed by atoms with Crippen molar-refractivity contribution in [2.24, 2.45) is 0 Å². The van der Waals surface area contributed by atoms with E-state index in [2.05, 4.69) is 10.3 Å². The van der Waals surface area contributed by atoms with Crippen molar-refractivity contribution in [2.75, 3.05) is 5.32 Å². The molecule has 0 atom stereocenters. The number of carbonyl (C=O) groups is 1. The molecule has 3 aromatic carbocycles. The van der Waals surface area contributed by atoms with E-state index in [4.69, 9.17) is 0 Å². The first-order chi connectivity index (χ1) is 14.1. The lowest BCUT2D eigenvalue weighted by molar-refractivity contribution is 0.102. The molecular formula is C24H17FN2O2. The zero-order valence-electron chi connectivity index (χ0n) is 15.4. The van der Waals surface area contributed by atoms with Crippen molar-refractivity contribution >= 4 is 11.6 Å². The Kier molecular flexibility index (Phi) is 5.03. The number of pyridine rings is 1. The van der Waals surface area contributed by atoms with Crippen LogP contribution in [0.3, 0.4) is 0 Å². The molecule has 1 aromatic heterocycles. The van der Waals surface area contributed by atoms with E-state index >= 15 is 0 Å². The van der Waals surface area contributed by atoms with Crippen LogP contribution in [0.15, 0.2) is 95.9 Å². The molecule has 0 aliphatic rings. The third kappa shape index (κ3) is 4.30. The summed E-state index contributed by atoms with van der Waals surface area (Å²) in [7, 11) is 0. The maximum atomic E-state index is 14.2. The number of H-pyrrole nitrogens is 1. The molecule has 0 aliphatic heterocycles. The molecule has 0 saturated heterocycles. The molecule has 5 heteroatoms. The lowest BCUT2D eigenvalue weighted by Crippen LogP contribution is -2.14. The van der Waals surface area contributed by atoms with Gasteiger partial charge in [0.15, 0.2) is 0 Å². The van der Waals surface area contributed by atoms with Gasteiger partial charge in [-0.05, 0) is 46.5 Å². The highest BCUT2D eigenvalue weighted by Crippen LogP contribution is 2.26. The van der Waals surface area contributed by atoms with E-state index in [0.29, 0.717) is 11.3 Å². The fourth-order valence-corrected chi connectivity index (χ4v) is 3.06. The maximum absolute atomic E-state index is 14.2. The van der Waals surface area contributed by atoms with E-state index in [1.165, 1.54) is 30.5 Å². The molecule has 0 aliphatic carbocycles. The van der Waals surface area contributed by atoms with Gasteiger partial charge in [0.05, 0.1) is 5.69 Å². The fraction of sp³-hybridized carbons (Fsp3) is 0. The maximum Gasteiger partial charge on any atom is 0.255 e. The summed E-state index contributed by atoms with van der Waals surface area (Å²) in [6.07, 6.45) is 1.39. The fourth-order valence-electron chi connectivity index (χ4n) is 3.06. The van der Waals surface area contributed by atoms with Crippen molar-refractivity contribution in [3.8, 4) is 22.3 Å². The summed E-state index contributed by atoms with van der Waals surface area (Å²) < 4.78 is 14.2. The minimum absolute atomic E-state index is 0.193. The SMILES string of the molecule is O=C(Nc1ccc(=O)[nH]c1)c1cc(F)cc(-c2ccc(-c3ccccc3)cc2)c1. The standard InChI is InChI=1S/C24H17FN2O2/c25-21-13-19(18-8-6-17(7-9-18)16-4-2-1-3-5-16)12-20(14-21)24(29)27-22-10-11-23(28)26-15-22/h1-15H,(H,26,28)(H,27,29). The Morgan fingerprint density at radius 2 is 1.41 bits per heavy atom. The lowest BCUT2D eigenvalue weighted by atomic mass is 9.99. The zero-order chi connectivity index (χ0) is 20.2. The van der Waals surface area contributed by atoms with Gasteiger partial charge in [-0.2, -0.15) is 0 Å². The minimum atomic E-state index is -0.499. The second-order valence-corrected chi connectivity index (χ2v) is 6.57. The quantitative estimate of drug-likeness (QED) is 0.514. The third-order valence-corrected chi connectivity index (χ3v) is 4.53. The van der Waals surface area contributed by atoms with Crippen LogP contribution in [-0.2, 0) is 0 Å². The number of rotatable bonds is 4. The Hall–Kier alpha value is -3.99. The summed E-state index contributed by atoms with van der Waals surface area (Å²) in [5, 5.41) is 2.65. The predicted molar refractivity (Wildman–Crippen MR) is 112 cm³/mol. The van der Waals surface area contributed by atoms with E-state index in [1.807, 2.05) is 54.6 Å². The van der Waals surface area contributed by atoms with E-state index in [9.17, 15) is 14.0 Å². The van der Waals surface area contributed by atoms with Gasteiger partial charge in [0.1, 0.15) is 5.82 Å². The van der Waals surface area contributed by atoms with Gasteiger partial charge in [-0.15, -0.1) is 0 Å². The van der Waals surface area contributed by atoms with Crippen LogP contribution < -0.4 is 10.9 Å². The molecule has 4 rings (SSSR count). The molecule has 29 heavy (non-hydrogen) atoms. The Balaban J connectivity index is 1.60. The van der Waals surface area contributed by atoms with Gasteiger partial charge in [-0.3, -0.25) is 9.59 Å². The second kappa shape index (κ2) is 7.94. The molecule has 1 heterocycles. The van der Waals surface area contributed by atoms with E-state index < -0.39 is 11.7 Å². The van der Waals surface area contributed by atoms with Crippen molar-refractivity contribution in [2.45, 2.75) is 0 Å². The largest absolute Gasteiger partial charge is 0.327 e. The number of halogens is 1. The van der Waals surface area contributed by atoms with Gasteiger partial charge in [0, 0.05) is 17.8 Å². The number of hydrogen-bond donors (Lipinski definition) is 2. The summed E-state index contributed by atoms with van der Waals surface area (Å²) in [6.45, 7) is 0. The molecule has 0 saturated carbocycles. The van der Waals surface area contributed by atoms with Gasteiger partial charge in [-0.25, -0.2) is 4.39 Å². The van der Waals surface area contributed by atoms with Crippen molar-refractivity contribution < 1.29 is 9.18 Å². The molecule has 4 aromatic rings. The first kappa shape index (κ1) is 18.4. The smallest absolute Gasteiger partial charge is 0.255 e. The van der Waals surface area contributed by atoms with Gasteiger partial charge >= 0.3 is 0 Å². The number of nitrogens with one attached hydrogen (secondary N) is 2. The molecular weight excluding hydrogens is 367 g/mol. The average molecular weight is 384 g/mol. The normalized spacial score (nSPS) is 10.5. The highest BCUT2D eigenvalue weighted by atomic mass is 19.1. The van der Waals surface area contributed by atoms with Gasteiger partial charge in [0.25, 0.3) is 5.91 Å². The van der Waals surface area contributed by atoms with Crippen molar-refractivity contribution in [3.63, 3.8) is 0 Å². The van der Waals surface area contributed by atoms with Crippen molar-refractivity contribution in [3.05, 3.63) is 113 Å². The summed E-state index contributed by atoms with van der Waals surface area (Å²) in [5.74, 6) is -0.958. The monoisotopic (exact) mass is 384 g/mol. The Bertz CT molecular complexity index is 1200. The highest BCUT2D eigenvalue weighted by Gasteiger charge is 2.11. The lowest BCUT2D eigenvalue weighted by Gasteiger charge is -2.09. The molecule has 2 N–H and O–H groups in total. The van der Waals surface area contributed by atoms with Crippen LogP contribution in [0.1, 0.15) is 10.4 Å². The Morgan fingerprint density at radius 1 is 0.759 bits per heavy atom. The van der Waals surface area contributed by atoms with Gasteiger partial charge in [0.2, 0.25) is 5.56 Å². The van der Waals surface area contributed by atoms with Gasteiger partial charge < -0.3 is 10.3 Å². The summed E-state index contributed by atoms with van der Waals surface area (Å²) in [6, 6.07) is 24.7. The summed E-state index contributed by atoms with van der Waals surface area (Å²) in [5.41, 5.74) is 3.92. The molecule has 0 spiro atoms. The van der Waals surface area contributed by atoms with Crippen LogP contribution in [0.25, 0.3) is 22.3 Å². The average Bonchev–Trinajstić information content (AvgIpc) is 2.75. The van der Waals surface area contributed by atoms with Crippen LogP contribution >= 0.6 is 0 Å². The zero-order valence-corrected chi connectivity index (χ0v) is 15.4.